The highest BCUT2D eigenvalue weighted by atomic mass is 35.5. The Bertz CT molecular complexity index is 1520. The first-order valence-corrected chi connectivity index (χ1v) is 12.4. The molecule has 0 saturated heterocycles. The highest BCUT2D eigenvalue weighted by Gasteiger charge is 2.38. The molecule has 0 bridgehead atoms. The van der Waals surface area contributed by atoms with Crippen LogP contribution in [0.2, 0.25) is 5.02 Å². The van der Waals surface area contributed by atoms with Gasteiger partial charge in [-0.1, -0.05) is 104 Å². The monoisotopic (exact) mass is 471 g/mol. The van der Waals surface area contributed by atoms with Crippen molar-refractivity contribution in [3.63, 3.8) is 0 Å². The Hall–Kier alpha value is -3.81. The maximum Gasteiger partial charge on any atom is 0.0508 e. The summed E-state index contributed by atoms with van der Waals surface area (Å²) in [7, 11) is 0. The first kappa shape index (κ1) is 21.7. The molecule has 2 heteroatoms. The van der Waals surface area contributed by atoms with Gasteiger partial charge in [0.1, 0.15) is 0 Å². The molecule has 1 aliphatic carbocycles. The number of hydrogen-bond acceptors (Lipinski definition) is 1. The van der Waals surface area contributed by atoms with Crippen molar-refractivity contribution in [3.8, 4) is 22.3 Å². The van der Waals surface area contributed by atoms with Crippen LogP contribution in [0.25, 0.3) is 22.3 Å². The van der Waals surface area contributed by atoms with Gasteiger partial charge in [0.25, 0.3) is 0 Å². The van der Waals surface area contributed by atoms with Crippen LogP contribution in [0.1, 0.15) is 25.0 Å². The van der Waals surface area contributed by atoms with Crippen molar-refractivity contribution in [2.24, 2.45) is 0 Å². The van der Waals surface area contributed by atoms with Crippen LogP contribution in [0.5, 0.6) is 0 Å². The number of fused-ring (bicyclic) bond motifs is 3. The number of hydrogen-bond donors (Lipinski definition) is 0. The largest absolute Gasteiger partial charge is 0.310 e. The number of halogens is 1. The van der Waals surface area contributed by atoms with Crippen LogP contribution in [-0.2, 0) is 5.41 Å². The highest BCUT2D eigenvalue weighted by Crippen LogP contribution is 2.54. The van der Waals surface area contributed by atoms with E-state index in [9.17, 15) is 0 Å². The van der Waals surface area contributed by atoms with E-state index in [1.54, 1.807) is 0 Å². The molecule has 0 aromatic heterocycles. The Labute approximate surface area is 212 Å². The summed E-state index contributed by atoms with van der Waals surface area (Å²) in [5.41, 5.74) is 11.0. The van der Waals surface area contributed by atoms with E-state index >= 15 is 0 Å². The number of nitrogens with zero attached hydrogens (tertiary/aromatic N) is 1. The summed E-state index contributed by atoms with van der Waals surface area (Å²) in [6.45, 7) is 4.67. The molecule has 1 nitrogen and oxygen atoms in total. The normalized spacial score (nSPS) is 13.2. The predicted octanol–water partition coefficient (Wildman–Crippen LogP) is 9.78. The molecule has 1 aliphatic rings. The fourth-order valence-corrected chi connectivity index (χ4v) is 5.60. The average molecular weight is 472 g/mol. The van der Waals surface area contributed by atoms with Gasteiger partial charge in [0.05, 0.1) is 5.69 Å². The zero-order valence-electron chi connectivity index (χ0n) is 19.9. The van der Waals surface area contributed by atoms with Gasteiger partial charge in [-0.15, -0.1) is 0 Å². The van der Waals surface area contributed by atoms with E-state index in [2.05, 4.69) is 128 Å². The number of benzene rings is 5. The Balaban J connectivity index is 1.59. The van der Waals surface area contributed by atoms with Gasteiger partial charge < -0.3 is 4.90 Å². The highest BCUT2D eigenvalue weighted by molar-refractivity contribution is 6.30. The van der Waals surface area contributed by atoms with Crippen molar-refractivity contribution >= 4 is 28.7 Å². The van der Waals surface area contributed by atoms with E-state index in [1.165, 1.54) is 39.1 Å². The summed E-state index contributed by atoms with van der Waals surface area (Å²) in [5, 5.41) is 0.734. The van der Waals surface area contributed by atoms with Gasteiger partial charge in [0.15, 0.2) is 0 Å². The minimum atomic E-state index is -0.121. The van der Waals surface area contributed by atoms with E-state index in [4.69, 9.17) is 11.6 Å². The van der Waals surface area contributed by atoms with Crippen molar-refractivity contribution in [2.45, 2.75) is 19.3 Å². The van der Waals surface area contributed by atoms with Crippen molar-refractivity contribution in [2.75, 3.05) is 4.90 Å². The minimum absolute atomic E-state index is 0.121. The molecule has 0 radical (unpaired) electrons. The van der Waals surface area contributed by atoms with E-state index in [0.717, 1.165) is 16.4 Å². The van der Waals surface area contributed by atoms with Crippen LogP contribution in [0.15, 0.2) is 121 Å². The van der Waals surface area contributed by atoms with E-state index in [0.29, 0.717) is 0 Å². The summed E-state index contributed by atoms with van der Waals surface area (Å²) in [5.74, 6) is 0. The van der Waals surface area contributed by atoms with E-state index < -0.39 is 0 Å². The fourth-order valence-electron chi connectivity index (χ4n) is 5.48. The molecule has 6 rings (SSSR count). The molecule has 0 fully saturated rings. The standard InChI is InChI=1S/C33H26ClN/c1-33(2)30-16-7-6-14-28(30)29-15-9-17-31(32(29)33)35(26-20-18-25(34)19-21-26)27-13-8-12-24(22-27)23-10-4-3-5-11-23/h3-22H,1-2H3. The van der Waals surface area contributed by atoms with Gasteiger partial charge in [0, 0.05) is 21.8 Å². The van der Waals surface area contributed by atoms with Crippen molar-refractivity contribution in [3.05, 3.63) is 137 Å². The zero-order valence-corrected chi connectivity index (χ0v) is 20.6. The molecule has 5 aromatic carbocycles. The second kappa shape index (κ2) is 8.45. The van der Waals surface area contributed by atoms with E-state index in [1.807, 2.05) is 12.1 Å². The third kappa shape index (κ3) is 3.64. The van der Waals surface area contributed by atoms with Gasteiger partial charge in [-0.3, -0.25) is 0 Å². The Morgan fingerprint density at radius 3 is 2.03 bits per heavy atom. The molecule has 0 atom stereocenters. The van der Waals surface area contributed by atoms with Gasteiger partial charge >= 0.3 is 0 Å². The molecule has 170 valence electrons. The Morgan fingerprint density at radius 2 is 1.23 bits per heavy atom. The fraction of sp³-hybridized carbons (Fsp3) is 0.0909. The van der Waals surface area contributed by atoms with E-state index in [-0.39, 0.29) is 5.41 Å². The zero-order chi connectivity index (χ0) is 24.0. The molecular weight excluding hydrogens is 446 g/mol. The van der Waals surface area contributed by atoms with Crippen molar-refractivity contribution in [1.29, 1.82) is 0 Å². The number of rotatable bonds is 4. The SMILES string of the molecule is CC1(C)c2ccccc2-c2cccc(N(c3ccc(Cl)cc3)c3cccc(-c4ccccc4)c3)c21. The summed E-state index contributed by atoms with van der Waals surface area (Å²) in [4.78, 5) is 2.37. The molecule has 0 saturated carbocycles. The molecular formula is C33H26ClN. The third-order valence-corrected chi connectivity index (χ3v) is 7.35. The van der Waals surface area contributed by atoms with Crippen LogP contribution in [0.4, 0.5) is 17.1 Å². The summed E-state index contributed by atoms with van der Waals surface area (Å²) in [6, 6.07) is 42.9. The van der Waals surface area contributed by atoms with Crippen molar-refractivity contribution in [1.82, 2.24) is 0 Å². The molecule has 0 spiro atoms. The van der Waals surface area contributed by atoms with Gasteiger partial charge in [-0.2, -0.15) is 0 Å². The first-order chi connectivity index (χ1) is 17.0. The average Bonchev–Trinajstić information content (AvgIpc) is 3.14. The summed E-state index contributed by atoms with van der Waals surface area (Å²) in [6.07, 6.45) is 0. The lowest BCUT2D eigenvalue weighted by molar-refractivity contribution is 0.661. The lowest BCUT2D eigenvalue weighted by Crippen LogP contribution is -2.20. The maximum absolute atomic E-state index is 6.30. The molecule has 0 heterocycles. The molecule has 0 N–H and O–H groups in total. The van der Waals surface area contributed by atoms with Crippen LogP contribution in [-0.4, -0.2) is 0 Å². The molecule has 5 aromatic rings. The van der Waals surface area contributed by atoms with Crippen LogP contribution in [0.3, 0.4) is 0 Å². The quantitative estimate of drug-likeness (QED) is 0.252. The second-order valence-electron chi connectivity index (χ2n) is 9.60. The number of anilines is 3. The second-order valence-corrected chi connectivity index (χ2v) is 10.0. The van der Waals surface area contributed by atoms with Gasteiger partial charge in [-0.25, -0.2) is 0 Å². The molecule has 35 heavy (non-hydrogen) atoms. The topological polar surface area (TPSA) is 3.24 Å². The lowest BCUT2D eigenvalue weighted by atomic mass is 9.81. The van der Waals surface area contributed by atoms with Crippen LogP contribution in [0, 0.1) is 0 Å². The Kier molecular flexibility index (Phi) is 5.24. The Morgan fingerprint density at radius 1 is 0.571 bits per heavy atom. The third-order valence-electron chi connectivity index (χ3n) is 7.10. The first-order valence-electron chi connectivity index (χ1n) is 12.0. The van der Waals surface area contributed by atoms with Crippen LogP contribution < -0.4 is 4.90 Å². The summed E-state index contributed by atoms with van der Waals surface area (Å²) < 4.78 is 0. The predicted molar refractivity (Wildman–Crippen MR) is 149 cm³/mol. The lowest BCUT2D eigenvalue weighted by Gasteiger charge is -2.32. The van der Waals surface area contributed by atoms with Crippen LogP contribution >= 0.6 is 11.6 Å². The summed E-state index contributed by atoms with van der Waals surface area (Å²) >= 11 is 6.30. The minimum Gasteiger partial charge on any atom is -0.310 e. The maximum atomic E-state index is 6.30. The van der Waals surface area contributed by atoms with Gasteiger partial charge in [-0.05, 0) is 75.8 Å². The molecule has 0 aliphatic heterocycles. The smallest absolute Gasteiger partial charge is 0.0508 e. The molecule has 0 unspecified atom stereocenters. The van der Waals surface area contributed by atoms with Gasteiger partial charge in [0.2, 0.25) is 0 Å². The molecule has 0 amide bonds. The van der Waals surface area contributed by atoms with Crippen molar-refractivity contribution < 1.29 is 0 Å².